The first-order valence-corrected chi connectivity index (χ1v) is 10.7. The number of anilines is 1. The van der Waals surface area contributed by atoms with Gasteiger partial charge in [0, 0.05) is 48.2 Å². The molecule has 0 aromatic heterocycles. The van der Waals surface area contributed by atoms with E-state index in [1.807, 2.05) is 68.1 Å². The van der Waals surface area contributed by atoms with Crippen molar-refractivity contribution in [1.82, 2.24) is 10.2 Å². The number of amides is 2. The third kappa shape index (κ3) is 5.00. The first-order valence-electron chi connectivity index (χ1n) is 10.7. The lowest BCUT2D eigenvalue weighted by molar-refractivity contribution is 0.0708. The largest absolute Gasteiger partial charge is 0.382 e. The number of rotatable bonds is 10. The molecule has 0 aliphatic carbocycles. The van der Waals surface area contributed by atoms with Crippen LogP contribution in [0.2, 0.25) is 0 Å². The molecule has 6 heteroatoms. The van der Waals surface area contributed by atoms with Gasteiger partial charge in [-0.25, -0.2) is 0 Å². The summed E-state index contributed by atoms with van der Waals surface area (Å²) in [5, 5.41) is 6.46. The molecule has 0 spiro atoms. The van der Waals surface area contributed by atoms with Gasteiger partial charge in [0.2, 0.25) is 0 Å². The fourth-order valence-corrected chi connectivity index (χ4v) is 3.55. The number of nitrogens with one attached hydrogen (secondary N) is 2. The van der Waals surface area contributed by atoms with Gasteiger partial charge in [0.15, 0.2) is 0 Å². The third-order valence-corrected chi connectivity index (χ3v) is 5.37. The molecule has 0 saturated carbocycles. The molecular weight excluding hydrogens is 378 g/mol. The van der Waals surface area contributed by atoms with E-state index in [0.717, 1.165) is 29.7 Å². The zero-order valence-electron chi connectivity index (χ0n) is 18.0. The highest BCUT2D eigenvalue weighted by molar-refractivity contribution is 5.99. The van der Waals surface area contributed by atoms with Crippen LogP contribution in [-0.4, -0.2) is 42.5 Å². The minimum absolute atomic E-state index is 0.0188. The van der Waals surface area contributed by atoms with Crippen molar-refractivity contribution in [3.05, 3.63) is 65.2 Å². The topological polar surface area (TPSA) is 70.7 Å². The van der Waals surface area contributed by atoms with E-state index in [0.29, 0.717) is 25.3 Å². The zero-order valence-corrected chi connectivity index (χ0v) is 18.0. The predicted octanol–water partition coefficient (Wildman–Crippen LogP) is 4.21. The van der Waals surface area contributed by atoms with Gasteiger partial charge in [-0.15, -0.1) is 0 Å². The van der Waals surface area contributed by atoms with Crippen molar-refractivity contribution in [3.8, 4) is 0 Å². The van der Waals surface area contributed by atoms with E-state index in [-0.39, 0.29) is 24.0 Å². The van der Waals surface area contributed by atoms with Crippen LogP contribution in [0.25, 0.3) is 0 Å². The standard InChI is InChI=1S/C24H31N3O3/c1-4-17(3)25-23(28)18-10-8-11-19(16-18)26-22-20-12-6-7-13-21(20)24(29)27(22)14-9-15-30-5-2/h6-8,10-13,16-17,22,26H,4-5,9,14-15H2,1-3H3,(H,25,28)/t17-,22-/m1/s1. The molecule has 1 aliphatic heterocycles. The van der Waals surface area contributed by atoms with E-state index in [4.69, 9.17) is 4.74 Å². The van der Waals surface area contributed by atoms with E-state index in [1.54, 1.807) is 6.07 Å². The van der Waals surface area contributed by atoms with E-state index < -0.39 is 0 Å². The van der Waals surface area contributed by atoms with E-state index in [2.05, 4.69) is 10.6 Å². The molecule has 6 nitrogen and oxygen atoms in total. The van der Waals surface area contributed by atoms with Crippen molar-refractivity contribution in [1.29, 1.82) is 0 Å². The van der Waals surface area contributed by atoms with E-state index in [1.165, 1.54) is 0 Å². The van der Waals surface area contributed by atoms with Gasteiger partial charge in [0.25, 0.3) is 11.8 Å². The number of fused-ring (bicyclic) bond motifs is 1. The summed E-state index contributed by atoms with van der Waals surface area (Å²) >= 11 is 0. The minimum Gasteiger partial charge on any atom is -0.382 e. The number of benzene rings is 2. The van der Waals surface area contributed by atoms with Crippen molar-refractivity contribution in [2.45, 2.75) is 45.8 Å². The second-order valence-corrected chi connectivity index (χ2v) is 7.55. The number of carbonyl (C=O) groups excluding carboxylic acids is 2. The van der Waals surface area contributed by atoms with Crippen LogP contribution < -0.4 is 10.6 Å². The fourth-order valence-electron chi connectivity index (χ4n) is 3.55. The number of ether oxygens (including phenoxy) is 1. The molecule has 0 fully saturated rings. The molecule has 2 amide bonds. The smallest absolute Gasteiger partial charge is 0.256 e. The number of nitrogens with zero attached hydrogens (tertiary/aromatic N) is 1. The van der Waals surface area contributed by atoms with Gasteiger partial charge < -0.3 is 20.3 Å². The van der Waals surface area contributed by atoms with Gasteiger partial charge in [0.1, 0.15) is 6.17 Å². The molecule has 2 atom stereocenters. The minimum atomic E-state index is -0.275. The van der Waals surface area contributed by atoms with Crippen molar-refractivity contribution in [2.75, 3.05) is 25.1 Å². The summed E-state index contributed by atoms with van der Waals surface area (Å²) in [5.74, 6) is -0.0743. The van der Waals surface area contributed by atoms with Crippen LogP contribution in [0.5, 0.6) is 0 Å². The molecule has 0 radical (unpaired) electrons. The predicted molar refractivity (Wildman–Crippen MR) is 119 cm³/mol. The highest BCUT2D eigenvalue weighted by Gasteiger charge is 2.36. The Morgan fingerprint density at radius 1 is 1.17 bits per heavy atom. The van der Waals surface area contributed by atoms with E-state index >= 15 is 0 Å². The average molecular weight is 410 g/mol. The van der Waals surface area contributed by atoms with Crippen molar-refractivity contribution < 1.29 is 14.3 Å². The van der Waals surface area contributed by atoms with Gasteiger partial charge in [-0.3, -0.25) is 9.59 Å². The summed E-state index contributed by atoms with van der Waals surface area (Å²) in [7, 11) is 0. The maximum Gasteiger partial charge on any atom is 0.256 e. The Kier molecular flexibility index (Phi) is 7.46. The average Bonchev–Trinajstić information content (AvgIpc) is 3.02. The van der Waals surface area contributed by atoms with Crippen LogP contribution in [0.15, 0.2) is 48.5 Å². The van der Waals surface area contributed by atoms with Crippen molar-refractivity contribution in [3.63, 3.8) is 0 Å². The van der Waals surface area contributed by atoms with Gasteiger partial charge in [-0.1, -0.05) is 31.2 Å². The summed E-state index contributed by atoms with van der Waals surface area (Å²) in [6.07, 6.45) is 1.37. The molecule has 3 rings (SSSR count). The lowest BCUT2D eigenvalue weighted by Crippen LogP contribution is -2.34. The Labute approximate surface area is 178 Å². The number of hydrogen-bond acceptors (Lipinski definition) is 4. The number of carbonyl (C=O) groups is 2. The summed E-state index contributed by atoms with van der Waals surface area (Å²) < 4.78 is 5.44. The fraction of sp³-hybridized carbons (Fsp3) is 0.417. The highest BCUT2D eigenvalue weighted by Crippen LogP contribution is 2.34. The SMILES string of the molecule is CCOCCCN1C(=O)c2ccccc2[C@@H]1Nc1cccc(C(=O)N[C@H](C)CC)c1. The molecule has 30 heavy (non-hydrogen) atoms. The van der Waals surface area contributed by atoms with Gasteiger partial charge in [-0.05, 0) is 51.0 Å². The van der Waals surface area contributed by atoms with Crippen LogP contribution in [0.1, 0.15) is 66.1 Å². The maximum atomic E-state index is 13.0. The molecule has 2 N–H and O–H groups in total. The Morgan fingerprint density at radius 3 is 2.73 bits per heavy atom. The quantitative estimate of drug-likeness (QED) is 0.577. The molecule has 2 aromatic rings. The summed E-state index contributed by atoms with van der Waals surface area (Å²) in [4.78, 5) is 27.3. The molecule has 0 unspecified atom stereocenters. The number of hydrogen-bond donors (Lipinski definition) is 2. The van der Waals surface area contributed by atoms with Gasteiger partial charge in [-0.2, -0.15) is 0 Å². The second kappa shape index (κ2) is 10.3. The Hall–Kier alpha value is -2.86. The third-order valence-electron chi connectivity index (χ3n) is 5.37. The van der Waals surface area contributed by atoms with Crippen LogP contribution in [0, 0.1) is 0 Å². The van der Waals surface area contributed by atoms with Crippen LogP contribution in [0.4, 0.5) is 5.69 Å². The summed E-state index contributed by atoms with van der Waals surface area (Å²) in [5.41, 5.74) is 3.07. The molecule has 160 valence electrons. The normalized spacial score (nSPS) is 16.3. The zero-order chi connectivity index (χ0) is 21.5. The molecular formula is C24H31N3O3. The van der Waals surface area contributed by atoms with Gasteiger partial charge >= 0.3 is 0 Å². The molecule has 0 bridgehead atoms. The van der Waals surface area contributed by atoms with Crippen LogP contribution in [-0.2, 0) is 4.74 Å². The Bertz CT molecular complexity index is 884. The Balaban J connectivity index is 1.79. The van der Waals surface area contributed by atoms with Gasteiger partial charge in [0.05, 0.1) is 0 Å². The molecule has 2 aromatic carbocycles. The molecule has 1 heterocycles. The van der Waals surface area contributed by atoms with Crippen molar-refractivity contribution >= 4 is 17.5 Å². The first-order chi connectivity index (χ1) is 14.5. The first kappa shape index (κ1) is 21.8. The van der Waals surface area contributed by atoms with E-state index in [9.17, 15) is 9.59 Å². The summed E-state index contributed by atoms with van der Waals surface area (Å²) in [6, 6.07) is 15.2. The Morgan fingerprint density at radius 2 is 1.97 bits per heavy atom. The molecule has 1 aliphatic rings. The van der Waals surface area contributed by atoms with Crippen LogP contribution in [0.3, 0.4) is 0 Å². The second-order valence-electron chi connectivity index (χ2n) is 7.55. The highest BCUT2D eigenvalue weighted by atomic mass is 16.5. The van der Waals surface area contributed by atoms with Crippen molar-refractivity contribution in [2.24, 2.45) is 0 Å². The molecule has 0 saturated heterocycles. The lowest BCUT2D eigenvalue weighted by atomic mass is 10.1. The monoisotopic (exact) mass is 409 g/mol. The lowest BCUT2D eigenvalue weighted by Gasteiger charge is -2.27. The maximum absolute atomic E-state index is 13.0. The van der Waals surface area contributed by atoms with Crippen LogP contribution >= 0.6 is 0 Å². The summed E-state index contributed by atoms with van der Waals surface area (Å²) in [6.45, 7) is 7.87.